The minimum absolute atomic E-state index is 0.127. The smallest absolute Gasteiger partial charge is 0.337 e. The van der Waals surface area contributed by atoms with Crippen LogP contribution in [0.2, 0.25) is 0 Å². The van der Waals surface area contributed by atoms with Gasteiger partial charge in [-0.25, -0.2) is 4.79 Å². The van der Waals surface area contributed by atoms with Gasteiger partial charge in [-0.2, -0.15) is 0 Å². The van der Waals surface area contributed by atoms with Gasteiger partial charge in [0.1, 0.15) is 0 Å². The number of hydrogen-bond donors (Lipinski definition) is 1. The number of halogens is 1. The fourth-order valence-electron chi connectivity index (χ4n) is 4.92. The second-order valence-electron chi connectivity index (χ2n) is 8.68. The number of nitrogens with zero attached hydrogens (tertiary/aromatic N) is 3. The van der Waals surface area contributed by atoms with E-state index in [1.54, 1.807) is 12.3 Å². The van der Waals surface area contributed by atoms with Gasteiger partial charge in [-0.15, -0.1) is 0 Å². The number of pyridine rings is 1. The topological polar surface area (TPSA) is 59.4 Å². The summed E-state index contributed by atoms with van der Waals surface area (Å²) in [5, 5.41) is 4.17. The maximum atomic E-state index is 12.2. The van der Waals surface area contributed by atoms with E-state index in [0.29, 0.717) is 10.7 Å². The van der Waals surface area contributed by atoms with Gasteiger partial charge in [0.25, 0.3) is 0 Å². The van der Waals surface area contributed by atoms with Crippen LogP contribution >= 0.6 is 28.1 Å². The van der Waals surface area contributed by atoms with Crippen molar-refractivity contribution >= 4 is 44.9 Å². The standard InChI is InChI=1S/C28H25BrN4O2S/c1-17-15-23(18(2)32(17)22-8-6-7-19(16-22)27(34)35-3)26-25(24-9-4-5-14-30-24)31-28(36)33(26)21-12-10-20(29)11-13-21/h4-16,25-26H,1-3H3,(H,31,36). The molecule has 4 aromatic rings. The van der Waals surface area contributed by atoms with Gasteiger partial charge in [-0.3, -0.25) is 4.98 Å². The fourth-order valence-corrected chi connectivity index (χ4v) is 5.54. The zero-order valence-electron chi connectivity index (χ0n) is 20.1. The molecular weight excluding hydrogens is 536 g/mol. The molecule has 2 atom stereocenters. The molecule has 3 heterocycles. The molecular formula is C28H25BrN4O2S. The number of rotatable bonds is 5. The van der Waals surface area contributed by atoms with Crippen molar-refractivity contribution in [3.05, 3.63) is 112 Å². The van der Waals surface area contributed by atoms with Crippen LogP contribution in [0.5, 0.6) is 0 Å². The predicted octanol–water partition coefficient (Wildman–Crippen LogP) is 6.22. The lowest BCUT2D eigenvalue weighted by Gasteiger charge is -2.28. The van der Waals surface area contributed by atoms with Crippen molar-refractivity contribution in [2.75, 3.05) is 12.0 Å². The quantitative estimate of drug-likeness (QED) is 0.231. The first-order chi connectivity index (χ1) is 17.4. The predicted molar refractivity (Wildman–Crippen MR) is 149 cm³/mol. The molecule has 1 fully saturated rings. The highest BCUT2D eigenvalue weighted by molar-refractivity contribution is 9.10. The van der Waals surface area contributed by atoms with E-state index in [-0.39, 0.29) is 18.1 Å². The Morgan fingerprint density at radius 3 is 2.50 bits per heavy atom. The van der Waals surface area contributed by atoms with Crippen molar-refractivity contribution in [3.8, 4) is 5.69 Å². The van der Waals surface area contributed by atoms with E-state index in [0.717, 1.165) is 38.5 Å². The first-order valence-corrected chi connectivity index (χ1v) is 12.7. The van der Waals surface area contributed by atoms with Crippen LogP contribution in [0.25, 0.3) is 5.69 Å². The van der Waals surface area contributed by atoms with Gasteiger partial charge in [-0.1, -0.05) is 28.1 Å². The summed E-state index contributed by atoms with van der Waals surface area (Å²) >= 11 is 9.40. The minimum Gasteiger partial charge on any atom is -0.465 e. The van der Waals surface area contributed by atoms with Gasteiger partial charge in [-0.05, 0) is 92.3 Å². The Bertz CT molecular complexity index is 1440. The third-order valence-corrected chi connectivity index (χ3v) is 7.36. The average molecular weight is 562 g/mol. The summed E-state index contributed by atoms with van der Waals surface area (Å²) in [7, 11) is 1.39. The molecule has 182 valence electrons. The SMILES string of the molecule is COC(=O)c1cccc(-n2c(C)cc(C3C(c4ccccn4)NC(=S)N3c3ccc(Br)cc3)c2C)c1. The van der Waals surface area contributed by atoms with E-state index in [9.17, 15) is 4.79 Å². The number of hydrogen-bond acceptors (Lipinski definition) is 4. The lowest BCUT2D eigenvalue weighted by Crippen LogP contribution is -2.29. The lowest BCUT2D eigenvalue weighted by atomic mass is 9.96. The number of ether oxygens (including phenoxy) is 1. The van der Waals surface area contributed by atoms with Crippen LogP contribution in [0.4, 0.5) is 5.69 Å². The molecule has 36 heavy (non-hydrogen) atoms. The molecule has 2 aromatic carbocycles. The van der Waals surface area contributed by atoms with Crippen LogP contribution in [0.1, 0.15) is 45.1 Å². The molecule has 0 aliphatic carbocycles. The Kier molecular flexibility index (Phi) is 6.64. The van der Waals surface area contributed by atoms with E-state index in [4.69, 9.17) is 17.0 Å². The second-order valence-corrected chi connectivity index (χ2v) is 9.98. The van der Waals surface area contributed by atoms with Crippen LogP contribution in [-0.4, -0.2) is 27.7 Å². The molecule has 1 saturated heterocycles. The summed E-state index contributed by atoms with van der Waals surface area (Å²) < 4.78 is 8.10. The van der Waals surface area contributed by atoms with Crippen LogP contribution in [0, 0.1) is 13.8 Å². The van der Waals surface area contributed by atoms with E-state index in [2.05, 4.69) is 67.7 Å². The Morgan fingerprint density at radius 1 is 1.03 bits per heavy atom. The van der Waals surface area contributed by atoms with Crippen LogP contribution in [0.15, 0.2) is 83.5 Å². The van der Waals surface area contributed by atoms with Gasteiger partial charge >= 0.3 is 5.97 Å². The molecule has 2 aromatic heterocycles. The first kappa shape index (κ1) is 24.2. The molecule has 6 nitrogen and oxygen atoms in total. The maximum Gasteiger partial charge on any atom is 0.337 e. The molecule has 2 unspecified atom stereocenters. The average Bonchev–Trinajstić information content (AvgIpc) is 3.39. The number of anilines is 1. The molecule has 5 rings (SSSR count). The Morgan fingerprint density at radius 2 is 1.81 bits per heavy atom. The van der Waals surface area contributed by atoms with Crippen LogP contribution < -0.4 is 10.2 Å². The van der Waals surface area contributed by atoms with Crippen molar-refractivity contribution in [1.29, 1.82) is 0 Å². The number of aryl methyl sites for hydroxylation is 1. The summed E-state index contributed by atoms with van der Waals surface area (Å²) in [5.74, 6) is -0.360. The zero-order chi connectivity index (χ0) is 25.4. The number of nitrogens with one attached hydrogen (secondary N) is 1. The molecule has 8 heteroatoms. The number of carbonyl (C=O) groups excluding carboxylic acids is 1. The summed E-state index contributed by atoms with van der Waals surface area (Å²) in [5.41, 5.74) is 6.57. The van der Waals surface area contributed by atoms with Gasteiger partial charge < -0.3 is 19.5 Å². The van der Waals surface area contributed by atoms with Gasteiger partial charge in [0.2, 0.25) is 0 Å². The maximum absolute atomic E-state index is 12.2. The van der Waals surface area contributed by atoms with Crippen molar-refractivity contribution in [3.63, 3.8) is 0 Å². The van der Waals surface area contributed by atoms with Gasteiger partial charge in [0.05, 0.1) is 30.5 Å². The van der Waals surface area contributed by atoms with Gasteiger partial charge in [0, 0.05) is 33.4 Å². The number of carbonyl (C=O) groups is 1. The Labute approximate surface area is 224 Å². The largest absolute Gasteiger partial charge is 0.465 e. The second kappa shape index (κ2) is 9.87. The number of benzene rings is 2. The van der Waals surface area contributed by atoms with Crippen LogP contribution in [0.3, 0.4) is 0 Å². The number of esters is 1. The highest BCUT2D eigenvalue weighted by Gasteiger charge is 2.42. The third kappa shape index (κ3) is 4.31. The van der Waals surface area contributed by atoms with E-state index in [1.807, 2.05) is 48.5 Å². The lowest BCUT2D eigenvalue weighted by molar-refractivity contribution is 0.0600. The summed E-state index contributed by atoms with van der Waals surface area (Å²) in [6.45, 7) is 4.17. The molecule has 0 amide bonds. The Balaban J connectivity index is 1.66. The molecule has 1 N–H and O–H groups in total. The molecule has 1 aliphatic rings. The monoisotopic (exact) mass is 560 g/mol. The van der Waals surface area contributed by atoms with Crippen LogP contribution in [-0.2, 0) is 4.74 Å². The molecule has 0 spiro atoms. The Hall–Kier alpha value is -3.49. The normalized spacial score (nSPS) is 17.2. The van der Waals surface area contributed by atoms with Crippen molar-refractivity contribution in [2.24, 2.45) is 0 Å². The highest BCUT2D eigenvalue weighted by Crippen LogP contribution is 2.43. The van der Waals surface area contributed by atoms with E-state index in [1.165, 1.54) is 7.11 Å². The third-order valence-electron chi connectivity index (χ3n) is 6.52. The molecule has 1 aliphatic heterocycles. The minimum atomic E-state index is -0.360. The van der Waals surface area contributed by atoms with Crippen molar-refractivity contribution in [1.82, 2.24) is 14.9 Å². The highest BCUT2D eigenvalue weighted by atomic mass is 79.9. The summed E-state index contributed by atoms with van der Waals surface area (Å²) in [4.78, 5) is 19.0. The molecule has 0 radical (unpaired) electrons. The number of aromatic nitrogens is 2. The summed E-state index contributed by atoms with van der Waals surface area (Å²) in [6.07, 6.45) is 1.81. The number of methoxy groups -OCH3 is 1. The number of thiocarbonyl (C=S) groups is 1. The fraction of sp³-hybridized carbons (Fsp3) is 0.179. The van der Waals surface area contributed by atoms with E-state index < -0.39 is 0 Å². The first-order valence-electron chi connectivity index (χ1n) is 11.5. The van der Waals surface area contributed by atoms with Gasteiger partial charge in [0.15, 0.2) is 5.11 Å². The molecule has 0 saturated carbocycles. The van der Waals surface area contributed by atoms with Crippen molar-refractivity contribution in [2.45, 2.75) is 25.9 Å². The zero-order valence-corrected chi connectivity index (χ0v) is 22.5. The molecule has 0 bridgehead atoms. The van der Waals surface area contributed by atoms with E-state index >= 15 is 0 Å². The summed E-state index contributed by atoms with van der Waals surface area (Å²) in [6, 6.07) is 23.5. The van der Waals surface area contributed by atoms with Crippen molar-refractivity contribution < 1.29 is 9.53 Å².